The highest BCUT2D eigenvalue weighted by atomic mass is 16.5. The van der Waals surface area contributed by atoms with Gasteiger partial charge in [-0.2, -0.15) is 9.78 Å². The maximum Gasteiger partial charge on any atom is 0.271 e. The summed E-state index contributed by atoms with van der Waals surface area (Å²) >= 11 is 0. The maximum absolute atomic E-state index is 12.0. The molecule has 104 valence electrons. The van der Waals surface area contributed by atoms with E-state index < -0.39 is 0 Å². The average molecular weight is 278 g/mol. The van der Waals surface area contributed by atoms with Gasteiger partial charge in [0.25, 0.3) is 5.56 Å². The second-order valence-electron chi connectivity index (χ2n) is 4.53. The van der Waals surface area contributed by atoms with E-state index in [2.05, 4.69) is 5.10 Å². The summed E-state index contributed by atoms with van der Waals surface area (Å²) in [7, 11) is 1.63. The quantitative estimate of drug-likeness (QED) is 0.740. The molecule has 0 atom stereocenters. The molecule has 3 aromatic rings. The third kappa shape index (κ3) is 2.69. The highest BCUT2D eigenvalue weighted by Crippen LogP contribution is 2.20. The number of nitrogens with zero attached hydrogens (tertiary/aromatic N) is 2. The fraction of sp³-hybridized carbons (Fsp3) is 0.0588. The van der Waals surface area contributed by atoms with Gasteiger partial charge in [0, 0.05) is 11.6 Å². The van der Waals surface area contributed by atoms with Crippen LogP contribution in [0.2, 0.25) is 0 Å². The number of hydrogen-bond acceptors (Lipinski definition) is 3. The van der Waals surface area contributed by atoms with Crippen molar-refractivity contribution in [1.29, 1.82) is 0 Å². The second-order valence-corrected chi connectivity index (χ2v) is 4.53. The topological polar surface area (TPSA) is 44.1 Å². The van der Waals surface area contributed by atoms with Crippen LogP contribution in [0.15, 0.2) is 71.5 Å². The number of para-hydroxylation sites is 1. The summed E-state index contributed by atoms with van der Waals surface area (Å²) in [5.41, 5.74) is 2.26. The molecular formula is C17H14N2O2. The zero-order valence-electron chi connectivity index (χ0n) is 11.6. The number of methoxy groups -OCH3 is 1. The molecule has 21 heavy (non-hydrogen) atoms. The molecule has 0 aliphatic heterocycles. The van der Waals surface area contributed by atoms with Gasteiger partial charge in [0.1, 0.15) is 5.75 Å². The molecule has 1 aromatic heterocycles. The number of rotatable bonds is 3. The van der Waals surface area contributed by atoms with E-state index in [0.717, 1.165) is 22.7 Å². The zero-order valence-corrected chi connectivity index (χ0v) is 11.6. The lowest BCUT2D eigenvalue weighted by Gasteiger charge is -2.07. The van der Waals surface area contributed by atoms with Crippen molar-refractivity contribution in [2.24, 2.45) is 0 Å². The molecule has 4 nitrogen and oxygen atoms in total. The van der Waals surface area contributed by atoms with E-state index in [1.807, 2.05) is 54.6 Å². The molecule has 0 aliphatic rings. The fourth-order valence-electron chi connectivity index (χ4n) is 2.08. The molecule has 0 aliphatic carbocycles. The molecule has 3 rings (SSSR count). The first-order valence-corrected chi connectivity index (χ1v) is 6.58. The SMILES string of the molecule is COc1ccc(-c2ccc(=O)n(-c3ccccc3)n2)cc1. The van der Waals surface area contributed by atoms with E-state index in [4.69, 9.17) is 4.74 Å². The van der Waals surface area contributed by atoms with Crippen LogP contribution in [0.1, 0.15) is 0 Å². The predicted octanol–water partition coefficient (Wildman–Crippen LogP) is 2.91. The molecule has 4 heteroatoms. The highest BCUT2D eigenvalue weighted by molar-refractivity contribution is 5.59. The molecule has 2 aromatic carbocycles. The predicted molar refractivity (Wildman–Crippen MR) is 81.8 cm³/mol. The van der Waals surface area contributed by atoms with Crippen LogP contribution in [0.3, 0.4) is 0 Å². The van der Waals surface area contributed by atoms with E-state index in [1.54, 1.807) is 13.2 Å². The summed E-state index contributed by atoms with van der Waals surface area (Å²) < 4.78 is 6.54. The Kier molecular flexibility index (Phi) is 3.51. The van der Waals surface area contributed by atoms with E-state index in [1.165, 1.54) is 10.7 Å². The molecule has 0 spiro atoms. The summed E-state index contributed by atoms with van der Waals surface area (Å²) in [5.74, 6) is 0.787. The minimum atomic E-state index is -0.154. The molecule has 1 heterocycles. The van der Waals surface area contributed by atoms with Crippen LogP contribution in [0.4, 0.5) is 0 Å². The largest absolute Gasteiger partial charge is 0.497 e. The standard InChI is InChI=1S/C17H14N2O2/c1-21-15-9-7-13(8-10-15)16-11-12-17(20)19(18-16)14-5-3-2-4-6-14/h2-12H,1H3. The van der Waals surface area contributed by atoms with Gasteiger partial charge in [0.2, 0.25) is 0 Å². The average Bonchev–Trinajstić information content (AvgIpc) is 2.56. The van der Waals surface area contributed by atoms with Crippen LogP contribution >= 0.6 is 0 Å². The minimum Gasteiger partial charge on any atom is -0.497 e. The fourth-order valence-corrected chi connectivity index (χ4v) is 2.08. The van der Waals surface area contributed by atoms with Crippen LogP contribution < -0.4 is 10.3 Å². The third-order valence-corrected chi connectivity index (χ3v) is 3.19. The van der Waals surface area contributed by atoms with Gasteiger partial charge >= 0.3 is 0 Å². The second kappa shape index (κ2) is 5.63. The van der Waals surface area contributed by atoms with Gasteiger partial charge in [-0.25, -0.2) is 0 Å². The van der Waals surface area contributed by atoms with Crippen LogP contribution in [0, 0.1) is 0 Å². The summed E-state index contributed by atoms with van der Waals surface area (Å²) in [5, 5.41) is 4.43. The summed E-state index contributed by atoms with van der Waals surface area (Å²) in [6.07, 6.45) is 0. The summed E-state index contributed by atoms with van der Waals surface area (Å²) in [6.45, 7) is 0. The van der Waals surface area contributed by atoms with Gasteiger partial charge in [-0.3, -0.25) is 4.79 Å². The number of ether oxygens (including phenoxy) is 1. The van der Waals surface area contributed by atoms with Crippen molar-refractivity contribution < 1.29 is 4.74 Å². The number of benzene rings is 2. The van der Waals surface area contributed by atoms with Gasteiger partial charge in [0.15, 0.2) is 0 Å². The van der Waals surface area contributed by atoms with Crippen LogP contribution in [-0.2, 0) is 0 Å². The Morgan fingerprint density at radius 1 is 0.905 bits per heavy atom. The van der Waals surface area contributed by atoms with Crippen LogP contribution in [-0.4, -0.2) is 16.9 Å². The molecule has 0 amide bonds. The molecule has 0 unspecified atom stereocenters. The van der Waals surface area contributed by atoms with Gasteiger partial charge in [0.05, 0.1) is 18.5 Å². The van der Waals surface area contributed by atoms with E-state index >= 15 is 0 Å². The van der Waals surface area contributed by atoms with Gasteiger partial charge in [-0.1, -0.05) is 18.2 Å². The van der Waals surface area contributed by atoms with Crippen molar-refractivity contribution in [3.8, 4) is 22.7 Å². The molecular weight excluding hydrogens is 264 g/mol. The van der Waals surface area contributed by atoms with Gasteiger partial charge in [-0.15, -0.1) is 0 Å². The zero-order chi connectivity index (χ0) is 14.7. The van der Waals surface area contributed by atoms with Crippen molar-refractivity contribution in [3.05, 3.63) is 77.1 Å². The Morgan fingerprint density at radius 2 is 1.62 bits per heavy atom. The lowest BCUT2D eigenvalue weighted by Crippen LogP contribution is -2.20. The Bertz CT molecular complexity index is 793. The number of hydrogen-bond donors (Lipinski definition) is 0. The molecule has 0 saturated carbocycles. The lowest BCUT2D eigenvalue weighted by atomic mass is 10.1. The van der Waals surface area contributed by atoms with Crippen molar-refractivity contribution >= 4 is 0 Å². The molecule has 0 bridgehead atoms. The van der Waals surface area contributed by atoms with Crippen LogP contribution in [0.5, 0.6) is 5.75 Å². The molecule has 0 fully saturated rings. The van der Waals surface area contributed by atoms with Crippen molar-refractivity contribution in [2.45, 2.75) is 0 Å². The minimum absolute atomic E-state index is 0.154. The van der Waals surface area contributed by atoms with Gasteiger partial charge in [-0.05, 0) is 42.5 Å². The first-order valence-electron chi connectivity index (χ1n) is 6.58. The van der Waals surface area contributed by atoms with E-state index in [-0.39, 0.29) is 5.56 Å². The monoisotopic (exact) mass is 278 g/mol. The van der Waals surface area contributed by atoms with Gasteiger partial charge < -0.3 is 4.74 Å². The highest BCUT2D eigenvalue weighted by Gasteiger charge is 2.05. The first kappa shape index (κ1) is 13.1. The normalized spacial score (nSPS) is 10.3. The maximum atomic E-state index is 12.0. The summed E-state index contributed by atoms with van der Waals surface area (Å²) in [6, 6.07) is 20.2. The number of aromatic nitrogens is 2. The van der Waals surface area contributed by atoms with Crippen molar-refractivity contribution in [3.63, 3.8) is 0 Å². The smallest absolute Gasteiger partial charge is 0.271 e. The first-order chi connectivity index (χ1) is 10.3. The Hall–Kier alpha value is -2.88. The molecule has 0 N–H and O–H groups in total. The summed E-state index contributed by atoms with van der Waals surface area (Å²) in [4.78, 5) is 12.0. The Balaban J connectivity index is 2.06. The van der Waals surface area contributed by atoms with Crippen molar-refractivity contribution in [1.82, 2.24) is 9.78 Å². The Morgan fingerprint density at radius 3 is 2.29 bits per heavy atom. The lowest BCUT2D eigenvalue weighted by molar-refractivity contribution is 0.415. The van der Waals surface area contributed by atoms with E-state index in [0.29, 0.717) is 0 Å². The van der Waals surface area contributed by atoms with Crippen LogP contribution in [0.25, 0.3) is 16.9 Å². The third-order valence-electron chi connectivity index (χ3n) is 3.19. The molecule has 0 radical (unpaired) electrons. The Labute approximate surface area is 122 Å². The van der Waals surface area contributed by atoms with E-state index in [9.17, 15) is 4.79 Å². The van der Waals surface area contributed by atoms with Crippen molar-refractivity contribution in [2.75, 3.05) is 7.11 Å². The molecule has 0 saturated heterocycles.